The number of rotatable bonds is 5. The third kappa shape index (κ3) is 10.5. The number of carbonyl (C=O) groups is 3. The summed E-state index contributed by atoms with van der Waals surface area (Å²) in [6.07, 6.45) is -2.94. The number of carboxylic acid groups (broad SMARTS) is 2. The molecular formula is C22H27F6N3O6. The third-order valence-corrected chi connectivity index (χ3v) is 5.94. The first-order valence-electron chi connectivity index (χ1n) is 11.3. The molecule has 0 bridgehead atoms. The molecule has 2 aliphatic heterocycles. The van der Waals surface area contributed by atoms with Crippen molar-refractivity contribution in [3.05, 3.63) is 30.1 Å². The zero-order chi connectivity index (χ0) is 27.8. The van der Waals surface area contributed by atoms with Crippen LogP contribution in [0.2, 0.25) is 0 Å². The van der Waals surface area contributed by atoms with E-state index in [0.717, 1.165) is 39.1 Å². The van der Waals surface area contributed by atoms with Crippen LogP contribution in [0.5, 0.6) is 0 Å². The highest BCUT2D eigenvalue weighted by molar-refractivity contribution is 5.80. The highest BCUT2D eigenvalue weighted by atomic mass is 19.4. The van der Waals surface area contributed by atoms with Crippen LogP contribution in [0.25, 0.3) is 0 Å². The number of fused-ring (bicyclic) bond motifs is 1. The number of carbonyl (C=O) groups excluding carboxylic acids is 1. The second kappa shape index (κ2) is 13.0. The number of aromatic nitrogens is 1. The Morgan fingerprint density at radius 3 is 2.03 bits per heavy atom. The van der Waals surface area contributed by atoms with E-state index < -0.39 is 24.3 Å². The molecule has 1 saturated carbocycles. The van der Waals surface area contributed by atoms with Gasteiger partial charge in [-0.05, 0) is 49.4 Å². The van der Waals surface area contributed by atoms with Gasteiger partial charge in [0, 0.05) is 43.9 Å². The normalized spacial score (nSPS) is 23.5. The average Bonchev–Trinajstić information content (AvgIpc) is 3.59. The summed E-state index contributed by atoms with van der Waals surface area (Å²) in [7, 11) is 0. The number of likely N-dealkylation sites (tertiary alicyclic amines) is 1. The number of hydrogen-bond donors (Lipinski definition) is 3. The number of piperidine rings is 1. The number of nitrogens with one attached hydrogen (secondary N) is 1. The van der Waals surface area contributed by atoms with Crippen molar-refractivity contribution in [2.75, 3.05) is 26.2 Å². The zero-order valence-corrected chi connectivity index (χ0v) is 19.5. The Morgan fingerprint density at radius 1 is 1.00 bits per heavy atom. The van der Waals surface area contributed by atoms with Gasteiger partial charge in [-0.25, -0.2) is 9.59 Å². The van der Waals surface area contributed by atoms with Gasteiger partial charge in [0.15, 0.2) is 0 Å². The minimum absolute atomic E-state index is 0.214. The fraction of sp³-hybridized carbons (Fsp3) is 0.636. The number of nitrogens with zero attached hydrogens (tertiary/aromatic N) is 2. The number of halogens is 6. The summed E-state index contributed by atoms with van der Waals surface area (Å²) in [5, 5.41) is 17.3. The van der Waals surface area contributed by atoms with Crippen LogP contribution in [-0.4, -0.2) is 82.6 Å². The molecule has 0 unspecified atom stereocenters. The van der Waals surface area contributed by atoms with E-state index in [-0.39, 0.29) is 17.9 Å². The van der Waals surface area contributed by atoms with Crippen molar-refractivity contribution in [3.8, 4) is 0 Å². The molecule has 4 rings (SSSR count). The highest BCUT2D eigenvalue weighted by Crippen LogP contribution is 2.35. The molecule has 9 nitrogen and oxygen atoms in total. The van der Waals surface area contributed by atoms with Gasteiger partial charge in [0.2, 0.25) is 5.91 Å². The second-order valence-electron chi connectivity index (χ2n) is 8.80. The first kappa shape index (κ1) is 30.3. The first-order valence-corrected chi connectivity index (χ1v) is 11.3. The van der Waals surface area contributed by atoms with Crippen LogP contribution < -0.4 is 5.32 Å². The molecule has 1 amide bonds. The fourth-order valence-electron chi connectivity index (χ4n) is 3.95. The van der Waals surface area contributed by atoms with Crippen molar-refractivity contribution in [1.29, 1.82) is 0 Å². The van der Waals surface area contributed by atoms with Crippen molar-refractivity contribution in [2.45, 2.75) is 44.3 Å². The van der Waals surface area contributed by atoms with Gasteiger partial charge < -0.3 is 20.3 Å². The van der Waals surface area contributed by atoms with E-state index in [1.165, 1.54) is 12.0 Å². The Labute approximate surface area is 207 Å². The molecule has 3 atom stereocenters. The predicted octanol–water partition coefficient (Wildman–Crippen LogP) is 2.71. The summed E-state index contributed by atoms with van der Waals surface area (Å²) in [6, 6.07) is 4.18. The minimum atomic E-state index is -5.08. The van der Waals surface area contributed by atoms with E-state index in [1.54, 1.807) is 0 Å². The number of hydrogen-bond acceptors (Lipinski definition) is 6. The van der Waals surface area contributed by atoms with Crippen LogP contribution in [0.1, 0.15) is 24.8 Å². The van der Waals surface area contributed by atoms with Crippen LogP contribution in [0.15, 0.2) is 24.5 Å². The Hall–Kier alpha value is -2.94. The molecule has 0 radical (unpaired) electrons. The summed E-state index contributed by atoms with van der Waals surface area (Å²) in [5.41, 5.74) is 1.32. The third-order valence-electron chi connectivity index (χ3n) is 5.94. The number of pyridine rings is 1. The van der Waals surface area contributed by atoms with Gasteiger partial charge >= 0.3 is 24.3 Å². The Kier molecular flexibility index (Phi) is 10.7. The molecule has 1 aromatic rings. The van der Waals surface area contributed by atoms with E-state index in [4.69, 9.17) is 24.5 Å². The van der Waals surface area contributed by atoms with Crippen molar-refractivity contribution in [2.24, 2.45) is 17.8 Å². The standard InChI is InChI=1S/C18H25N3O2.2C2HF3O2/c22-18(14-1-2-14)20-9-17-16-5-8-21(11-15(16)12-23-17)10-13-3-6-19-7-4-13;2*3-2(4,5)1(6)7/h3-4,6-7,14-17H,1-2,5,8-12H2,(H,20,22);2*(H,6,7)/t15-,16-,17-;;/m1../s1. The van der Waals surface area contributed by atoms with E-state index in [9.17, 15) is 31.1 Å². The number of amides is 1. The quantitative estimate of drug-likeness (QED) is 0.484. The summed E-state index contributed by atoms with van der Waals surface area (Å²) < 4.78 is 69.5. The molecule has 37 heavy (non-hydrogen) atoms. The number of ether oxygens (including phenoxy) is 1. The van der Waals surface area contributed by atoms with Crippen molar-refractivity contribution in [3.63, 3.8) is 0 Å². The molecular weight excluding hydrogens is 516 g/mol. The number of alkyl halides is 6. The van der Waals surface area contributed by atoms with Crippen molar-refractivity contribution >= 4 is 17.8 Å². The second-order valence-corrected chi connectivity index (χ2v) is 8.80. The molecule has 15 heteroatoms. The van der Waals surface area contributed by atoms with E-state index >= 15 is 0 Å². The molecule has 3 aliphatic rings. The Morgan fingerprint density at radius 2 is 1.54 bits per heavy atom. The topological polar surface area (TPSA) is 129 Å². The summed E-state index contributed by atoms with van der Waals surface area (Å²) in [6.45, 7) is 4.73. The summed E-state index contributed by atoms with van der Waals surface area (Å²) in [4.78, 5) is 36.2. The summed E-state index contributed by atoms with van der Waals surface area (Å²) >= 11 is 0. The van der Waals surface area contributed by atoms with Crippen LogP contribution in [0.4, 0.5) is 26.3 Å². The molecule has 0 spiro atoms. The van der Waals surface area contributed by atoms with E-state index in [0.29, 0.717) is 18.4 Å². The first-order chi connectivity index (χ1) is 17.2. The van der Waals surface area contributed by atoms with Crippen molar-refractivity contribution in [1.82, 2.24) is 15.2 Å². The smallest absolute Gasteiger partial charge is 0.475 e. The molecule has 0 aromatic carbocycles. The number of aliphatic carboxylic acids is 2. The average molecular weight is 543 g/mol. The van der Waals surface area contributed by atoms with Crippen LogP contribution in [0.3, 0.4) is 0 Å². The highest BCUT2D eigenvalue weighted by Gasteiger charge is 2.41. The largest absolute Gasteiger partial charge is 0.490 e. The van der Waals surface area contributed by atoms with Gasteiger partial charge in [-0.2, -0.15) is 26.3 Å². The van der Waals surface area contributed by atoms with Gasteiger partial charge in [0.05, 0.1) is 12.7 Å². The molecule has 208 valence electrons. The molecule has 1 aliphatic carbocycles. The lowest BCUT2D eigenvalue weighted by Gasteiger charge is -2.35. The Balaban J connectivity index is 0.000000286. The number of carboxylic acids is 2. The van der Waals surface area contributed by atoms with Gasteiger partial charge in [-0.3, -0.25) is 14.7 Å². The molecule has 3 fully saturated rings. The monoisotopic (exact) mass is 543 g/mol. The van der Waals surface area contributed by atoms with Gasteiger partial charge in [0.1, 0.15) is 0 Å². The van der Waals surface area contributed by atoms with E-state index in [2.05, 4.69) is 27.3 Å². The van der Waals surface area contributed by atoms with Crippen LogP contribution >= 0.6 is 0 Å². The van der Waals surface area contributed by atoms with Crippen LogP contribution in [0, 0.1) is 17.8 Å². The predicted molar refractivity (Wildman–Crippen MR) is 114 cm³/mol. The lowest BCUT2D eigenvalue weighted by Crippen LogP contribution is -2.43. The van der Waals surface area contributed by atoms with Gasteiger partial charge in [-0.1, -0.05) is 0 Å². The van der Waals surface area contributed by atoms with Gasteiger partial charge in [-0.15, -0.1) is 0 Å². The van der Waals surface area contributed by atoms with Gasteiger partial charge in [0.25, 0.3) is 0 Å². The Bertz CT molecular complexity index is 886. The fourth-order valence-corrected chi connectivity index (χ4v) is 3.95. The maximum Gasteiger partial charge on any atom is 0.490 e. The maximum absolute atomic E-state index is 11.8. The lowest BCUT2D eigenvalue weighted by atomic mass is 9.84. The zero-order valence-electron chi connectivity index (χ0n) is 19.5. The summed E-state index contributed by atoms with van der Waals surface area (Å²) in [5.74, 6) is -3.79. The van der Waals surface area contributed by atoms with Crippen molar-refractivity contribution < 1.29 is 55.7 Å². The maximum atomic E-state index is 11.8. The molecule has 3 N–H and O–H groups in total. The van der Waals surface area contributed by atoms with Crippen LogP contribution in [-0.2, 0) is 25.7 Å². The lowest BCUT2D eigenvalue weighted by molar-refractivity contribution is -0.193. The molecule has 1 aromatic heterocycles. The SMILES string of the molecule is O=C(NC[C@H]1OC[C@H]2CN(Cc3ccncc3)CC[C@H]21)C1CC1.O=C(O)C(F)(F)F.O=C(O)C(F)(F)F. The molecule has 3 heterocycles. The molecule has 2 saturated heterocycles. The van der Waals surface area contributed by atoms with E-state index in [1.807, 2.05) is 12.4 Å². The minimum Gasteiger partial charge on any atom is -0.475 e.